The third-order valence-corrected chi connectivity index (χ3v) is 4.86. The highest BCUT2D eigenvalue weighted by Crippen LogP contribution is 2.16. The number of nitrogens with one attached hydrogen (secondary N) is 1. The second-order valence-electron chi connectivity index (χ2n) is 6.44. The molecule has 0 bridgehead atoms. The third-order valence-electron chi connectivity index (χ3n) is 4.86. The zero-order valence-corrected chi connectivity index (χ0v) is 14.1. The lowest BCUT2D eigenvalue weighted by atomic mass is 9.98. The molecule has 120 valence electrons. The van der Waals surface area contributed by atoms with E-state index < -0.39 is 0 Å². The summed E-state index contributed by atoms with van der Waals surface area (Å²) in [7, 11) is 0. The van der Waals surface area contributed by atoms with Gasteiger partial charge in [0.25, 0.3) is 0 Å². The van der Waals surface area contributed by atoms with Crippen LogP contribution in [0, 0.1) is 0 Å². The van der Waals surface area contributed by atoms with E-state index in [1.807, 2.05) is 0 Å². The van der Waals surface area contributed by atoms with Gasteiger partial charge in [0.15, 0.2) is 0 Å². The van der Waals surface area contributed by atoms with Crippen molar-refractivity contribution in [3.63, 3.8) is 0 Å². The molecule has 0 aromatic heterocycles. The van der Waals surface area contributed by atoms with Gasteiger partial charge in [0.1, 0.15) is 0 Å². The maximum absolute atomic E-state index is 3.83. The quantitative estimate of drug-likeness (QED) is 0.766. The predicted octanol–water partition coefficient (Wildman–Crippen LogP) is 4.59. The Morgan fingerprint density at radius 1 is 0.750 bits per heavy atom. The van der Waals surface area contributed by atoms with E-state index in [4.69, 9.17) is 0 Å². The zero-order chi connectivity index (χ0) is 14.5. The topological polar surface area (TPSA) is 15.3 Å². The van der Waals surface area contributed by atoms with Gasteiger partial charge in [-0.15, -0.1) is 0 Å². The van der Waals surface area contributed by atoms with Crippen LogP contribution >= 0.6 is 0 Å². The standard InChI is InChI=1S/C18H38N2/c1-3-20(4-2)17-16-19-18-14-12-10-8-6-5-7-9-11-13-15-18/h18-19H,3-17H2,1-2H3. The fourth-order valence-electron chi connectivity index (χ4n) is 3.33. The third kappa shape index (κ3) is 8.97. The zero-order valence-electron chi connectivity index (χ0n) is 14.1. The Kier molecular flexibility index (Phi) is 11.4. The van der Waals surface area contributed by atoms with Gasteiger partial charge >= 0.3 is 0 Å². The van der Waals surface area contributed by atoms with Crippen molar-refractivity contribution in [2.45, 2.75) is 90.5 Å². The molecular weight excluding hydrogens is 244 g/mol. The number of nitrogens with zero attached hydrogens (tertiary/aromatic N) is 1. The Hall–Kier alpha value is -0.0800. The first kappa shape index (κ1) is 18.0. The molecule has 0 amide bonds. The van der Waals surface area contributed by atoms with Gasteiger partial charge in [-0.2, -0.15) is 0 Å². The Bertz CT molecular complexity index is 190. The lowest BCUT2D eigenvalue weighted by Crippen LogP contribution is -2.37. The summed E-state index contributed by atoms with van der Waals surface area (Å²) in [5.74, 6) is 0. The summed E-state index contributed by atoms with van der Waals surface area (Å²) in [5.41, 5.74) is 0. The van der Waals surface area contributed by atoms with Crippen molar-refractivity contribution in [2.75, 3.05) is 26.2 Å². The van der Waals surface area contributed by atoms with Gasteiger partial charge in [-0.3, -0.25) is 0 Å². The van der Waals surface area contributed by atoms with Crippen LogP contribution in [-0.2, 0) is 0 Å². The average Bonchev–Trinajstić information content (AvgIpc) is 2.46. The largest absolute Gasteiger partial charge is 0.313 e. The highest BCUT2D eigenvalue weighted by atomic mass is 15.1. The van der Waals surface area contributed by atoms with Crippen molar-refractivity contribution in [3.8, 4) is 0 Å². The van der Waals surface area contributed by atoms with Gasteiger partial charge < -0.3 is 10.2 Å². The van der Waals surface area contributed by atoms with E-state index in [1.54, 1.807) is 0 Å². The van der Waals surface area contributed by atoms with Crippen molar-refractivity contribution in [3.05, 3.63) is 0 Å². The van der Waals surface area contributed by atoms with Gasteiger partial charge in [-0.05, 0) is 25.9 Å². The van der Waals surface area contributed by atoms with Crippen molar-refractivity contribution in [2.24, 2.45) is 0 Å². The molecule has 0 atom stereocenters. The summed E-state index contributed by atoms with van der Waals surface area (Å²) >= 11 is 0. The van der Waals surface area contributed by atoms with Crippen molar-refractivity contribution < 1.29 is 0 Å². The normalized spacial score (nSPS) is 20.6. The van der Waals surface area contributed by atoms with Crippen LogP contribution in [0.1, 0.15) is 84.5 Å². The average molecular weight is 283 g/mol. The van der Waals surface area contributed by atoms with Crippen LogP contribution in [0.25, 0.3) is 0 Å². The molecule has 20 heavy (non-hydrogen) atoms. The van der Waals surface area contributed by atoms with Crippen molar-refractivity contribution >= 4 is 0 Å². The molecule has 2 nitrogen and oxygen atoms in total. The lowest BCUT2D eigenvalue weighted by Gasteiger charge is -2.23. The second-order valence-corrected chi connectivity index (χ2v) is 6.44. The molecule has 0 heterocycles. The molecule has 2 heteroatoms. The maximum atomic E-state index is 3.83. The number of rotatable bonds is 6. The summed E-state index contributed by atoms with van der Waals surface area (Å²) in [6.45, 7) is 9.28. The Morgan fingerprint density at radius 3 is 1.65 bits per heavy atom. The van der Waals surface area contributed by atoms with E-state index in [-0.39, 0.29) is 0 Å². The minimum absolute atomic E-state index is 0.782. The molecule has 0 aliphatic heterocycles. The summed E-state index contributed by atoms with van der Waals surface area (Å²) < 4.78 is 0. The van der Waals surface area contributed by atoms with E-state index in [2.05, 4.69) is 24.1 Å². The molecule has 0 unspecified atom stereocenters. The van der Waals surface area contributed by atoms with Crippen LogP contribution in [0.3, 0.4) is 0 Å². The first-order valence-electron chi connectivity index (χ1n) is 9.32. The molecule has 1 fully saturated rings. The maximum Gasteiger partial charge on any atom is 0.0107 e. The van der Waals surface area contributed by atoms with E-state index in [0.717, 1.165) is 6.04 Å². The summed E-state index contributed by atoms with van der Waals surface area (Å²) in [6, 6.07) is 0.782. The van der Waals surface area contributed by atoms with Crippen molar-refractivity contribution in [1.82, 2.24) is 10.2 Å². The van der Waals surface area contributed by atoms with Crippen LogP contribution in [0.4, 0.5) is 0 Å². The van der Waals surface area contributed by atoms with E-state index >= 15 is 0 Å². The summed E-state index contributed by atoms with van der Waals surface area (Å²) in [6.07, 6.45) is 15.9. The molecule has 1 aliphatic carbocycles. The number of likely N-dealkylation sites (N-methyl/N-ethyl adjacent to an activating group) is 1. The van der Waals surface area contributed by atoms with E-state index in [9.17, 15) is 0 Å². The monoisotopic (exact) mass is 282 g/mol. The first-order chi connectivity index (χ1) is 9.86. The van der Waals surface area contributed by atoms with E-state index in [1.165, 1.54) is 96.8 Å². The molecule has 1 saturated carbocycles. The van der Waals surface area contributed by atoms with E-state index in [0.29, 0.717) is 0 Å². The van der Waals surface area contributed by atoms with Crippen LogP contribution < -0.4 is 5.32 Å². The summed E-state index contributed by atoms with van der Waals surface area (Å²) in [4.78, 5) is 2.52. The number of hydrogen-bond acceptors (Lipinski definition) is 2. The molecule has 1 N–H and O–H groups in total. The predicted molar refractivity (Wildman–Crippen MR) is 90.4 cm³/mol. The molecule has 1 rings (SSSR count). The Morgan fingerprint density at radius 2 is 1.20 bits per heavy atom. The van der Waals surface area contributed by atoms with Gasteiger partial charge in [0.05, 0.1) is 0 Å². The fraction of sp³-hybridized carbons (Fsp3) is 1.00. The highest BCUT2D eigenvalue weighted by Gasteiger charge is 2.09. The van der Waals surface area contributed by atoms with Crippen LogP contribution in [0.2, 0.25) is 0 Å². The molecule has 0 aromatic rings. The molecule has 0 spiro atoms. The molecule has 0 saturated heterocycles. The Balaban J connectivity index is 2.20. The molecule has 0 radical (unpaired) electrons. The molecular formula is C18H38N2. The number of hydrogen-bond donors (Lipinski definition) is 1. The second kappa shape index (κ2) is 12.6. The van der Waals surface area contributed by atoms with Crippen LogP contribution in [-0.4, -0.2) is 37.1 Å². The van der Waals surface area contributed by atoms with Gasteiger partial charge in [0, 0.05) is 19.1 Å². The Labute approximate surface area is 127 Å². The van der Waals surface area contributed by atoms with Crippen LogP contribution in [0.5, 0.6) is 0 Å². The van der Waals surface area contributed by atoms with Gasteiger partial charge in [-0.25, -0.2) is 0 Å². The van der Waals surface area contributed by atoms with Crippen LogP contribution in [0.15, 0.2) is 0 Å². The van der Waals surface area contributed by atoms with Gasteiger partial charge in [0.2, 0.25) is 0 Å². The minimum atomic E-state index is 0.782. The van der Waals surface area contributed by atoms with Crippen molar-refractivity contribution in [1.29, 1.82) is 0 Å². The first-order valence-corrected chi connectivity index (χ1v) is 9.32. The fourth-order valence-corrected chi connectivity index (χ4v) is 3.33. The molecule has 0 aromatic carbocycles. The highest BCUT2D eigenvalue weighted by molar-refractivity contribution is 4.69. The molecule has 1 aliphatic rings. The summed E-state index contributed by atoms with van der Waals surface area (Å²) in [5, 5.41) is 3.83. The van der Waals surface area contributed by atoms with Gasteiger partial charge in [-0.1, -0.05) is 71.6 Å². The minimum Gasteiger partial charge on any atom is -0.313 e. The lowest BCUT2D eigenvalue weighted by molar-refractivity contribution is 0.289. The SMILES string of the molecule is CCN(CC)CCNC1CCCCCCCCCCC1. The smallest absolute Gasteiger partial charge is 0.0107 e.